The number of aromatic nitrogens is 3. The van der Waals surface area contributed by atoms with E-state index < -0.39 is 11.9 Å². The summed E-state index contributed by atoms with van der Waals surface area (Å²) >= 11 is 4.73. The van der Waals surface area contributed by atoms with E-state index in [9.17, 15) is 14.0 Å². The molecule has 2 aromatic rings. The van der Waals surface area contributed by atoms with Crippen molar-refractivity contribution in [3.05, 3.63) is 53.1 Å². The minimum atomic E-state index is -0.601. The van der Waals surface area contributed by atoms with E-state index in [4.69, 9.17) is 17.8 Å². The first-order chi connectivity index (χ1) is 16.0. The van der Waals surface area contributed by atoms with Gasteiger partial charge in [0.1, 0.15) is 11.5 Å². The van der Waals surface area contributed by atoms with Crippen molar-refractivity contribution in [1.29, 1.82) is 0 Å². The van der Waals surface area contributed by atoms with Crippen molar-refractivity contribution in [3.63, 3.8) is 0 Å². The summed E-state index contributed by atoms with van der Waals surface area (Å²) in [5.74, 6) is -0.686. The predicted molar refractivity (Wildman–Crippen MR) is 130 cm³/mol. The number of halogens is 2. The van der Waals surface area contributed by atoms with Gasteiger partial charge < -0.3 is 0 Å². The highest BCUT2D eigenvalue weighted by Gasteiger charge is 2.40. The average molecular weight is 510 g/mol. The third kappa shape index (κ3) is 6.44. The third-order valence-corrected chi connectivity index (χ3v) is 6.71. The van der Waals surface area contributed by atoms with E-state index in [-0.39, 0.29) is 41.6 Å². The Kier molecular flexibility index (Phi) is 9.24. The summed E-state index contributed by atoms with van der Waals surface area (Å²) in [4.78, 5) is 26.3. The molecule has 1 amide bonds. The molecule has 0 radical (unpaired) electrons. The first-order valence-electron chi connectivity index (χ1n) is 11.2. The van der Waals surface area contributed by atoms with Gasteiger partial charge in [0.25, 0.3) is 0 Å². The maximum absolute atomic E-state index is 14.7. The van der Waals surface area contributed by atoms with Gasteiger partial charge in [0.15, 0.2) is 5.78 Å². The molecule has 2 N–H and O–H groups in total. The molecule has 1 aliphatic carbocycles. The number of hydrogen-bond donors (Lipinski definition) is 3. The summed E-state index contributed by atoms with van der Waals surface area (Å²) in [6, 6.07) is 5.93. The fourth-order valence-electron chi connectivity index (χ4n) is 4.21. The molecule has 2 unspecified atom stereocenters. The summed E-state index contributed by atoms with van der Waals surface area (Å²) in [6.45, 7) is 1.64. The number of nitrogens with one attached hydrogen (secondary N) is 1. The van der Waals surface area contributed by atoms with Gasteiger partial charge in [-0.2, -0.15) is 12.6 Å². The Balaban J connectivity index is 0.00000324. The number of amides is 1. The molecule has 1 aliphatic heterocycles. The lowest BCUT2D eigenvalue weighted by Gasteiger charge is -2.37. The molecule has 1 saturated heterocycles. The second-order valence-corrected chi connectivity index (χ2v) is 9.26. The fourth-order valence-corrected chi connectivity index (χ4v) is 4.48. The molecule has 2 aliphatic rings. The second kappa shape index (κ2) is 11.9. The number of likely N-dealkylation sites (tertiary alicyclic amines) is 1. The van der Waals surface area contributed by atoms with E-state index in [2.05, 4.69) is 15.2 Å². The molecular weight excluding hydrogens is 481 g/mol. The van der Waals surface area contributed by atoms with E-state index in [0.29, 0.717) is 37.3 Å². The van der Waals surface area contributed by atoms with Crippen LogP contribution in [0.4, 0.5) is 4.39 Å². The Morgan fingerprint density at radius 1 is 1.29 bits per heavy atom. The van der Waals surface area contributed by atoms with Crippen LogP contribution in [0.15, 0.2) is 36.0 Å². The van der Waals surface area contributed by atoms with Crippen LogP contribution in [-0.4, -0.2) is 55.1 Å². The van der Waals surface area contributed by atoms with Crippen molar-refractivity contribution < 1.29 is 19.2 Å². The van der Waals surface area contributed by atoms with Gasteiger partial charge in [-0.15, -0.1) is 17.5 Å². The van der Waals surface area contributed by atoms with Crippen LogP contribution in [0.25, 0.3) is 6.08 Å². The van der Waals surface area contributed by atoms with E-state index in [1.165, 1.54) is 6.07 Å². The Bertz CT molecular complexity index is 1050. The van der Waals surface area contributed by atoms with Crippen LogP contribution in [0.2, 0.25) is 0 Å². The molecule has 2 atom stereocenters. The van der Waals surface area contributed by atoms with Crippen LogP contribution in [0.3, 0.4) is 0 Å². The molecule has 1 aromatic heterocycles. The standard InChI is InChI=1S/C23H28FN5O3S.ClH/c24-19-5-2-1-4-18(19)22(23(31)15-7-8-15)28-11-9-20(33)16(13-28)12-17-14-29(27-25-17)10-3-6-21(30)26-32;/h1-2,4-5,12,14-15,20,22,32-33H,3,6-11,13H2,(H,26,30);1H/b16-12+;. The van der Waals surface area contributed by atoms with Gasteiger partial charge in [-0.05, 0) is 43.4 Å². The van der Waals surface area contributed by atoms with Gasteiger partial charge >= 0.3 is 0 Å². The number of hydroxylamine groups is 1. The molecular formula is C23H29ClFN5O3S. The topological polar surface area (TPSA) is 100 Å². The van der Waals surface area contributed by atoms with Crippen LogP contribution in [0.5, 0.6) is 0 Å². The number of piperidine rings is 1. The number of carbonyl (C=O) groups excluding carboxylic acids is 2. The Morgan fingerprint density at radius 2 is 2.06 bits per heavy atom. The number of carbonyl (C=O) groups is 2. The molecule has 8 nitrogen and oxygen atoms in total. The number of thiol groups is 1. The molecule has 0 spiro atoms. The molecule has 2 heterocycles. The van der Waals surface area contributed by atoms with Gasteiger partial charge in [-0.3, -0.25) is 24.4 Å². The van der Waals surface area contributed by atoms with Crippen LogP contribution in [0, 0.1) is 11.7 Å². The summed E-state index contributed by atoms with van der Waals surface area (Å²) in [7, 11) is 0. The number of hydrogen-bond acceptors (Lipinski definition) is 7. The molecule has 2 fully saturated rings. The second-order valence-electron chi connectivity index (χ2n) is 8.64. The lowest BCUT2D eigenvalue weighted by atomic mass is 9.93. The van der Waals surface area contributed by atoms with E-state index in [1.54, 1.807) is 34.6 Å². The van der Waals surface area contributed by atoms with Gasteiger partial charge in [-0.1, -0.05) is 23.4 Å². The van der Waals surface area contributed by atoms with Crippen molar-refractivity contribution in [2.75, 3.05) is 13.1 Å². The van der Waals surface area contributed by atoms with Crippen LogP contribution in [-0.2, 0) is 16.1 Å². The largest absolute Gasteiger partial charge is 0.297 e. The molecule has 0 bridgehead atoms. The molecule has 11 heteroatoms. The van der Waals surface area contributed by atoms with Crippen LogP contribution < -0.4 is 5.48 Å². The highest BCUT2D eigenvalue weighted by atomic mass is 35.5. The normalized spacial score (nSPS) is 20.6. The molecule has 184 valence electrons. The maximum atomic E-state index is 14.7. The van der Waals surface area contributed by atoms with Crippen molar-refractivity contribution in [2.45, 2.75) is 49.9 Å². The number of ketones is 1. The Labute approximate surface area is 209 Å². The first-order valence-corrected chi connectivity index (χ1v) is 11.7. The average Bonchev–Trinajstić information content (AvgIpc) is 3.57. The molecule has 4 rings (SSSR count). The number of nitrogens with zero attached hydrogens (tertiary/aromatic N) is 4. The minimum absolute atomic E-state index is 0. The molecule has 34 heavy (non-hydrogen) atoms. The maximum Gasteiger partial charge on any atom is 0.243 e. The van der Waals surface area contributed by atoms with Crippen LogP contribution in [0.1, 0.15) is 49.4 Å². The summed E-state index contributed by atoms with van der Waals surface area (Å²) in [5.41, 5.74) is 3.70. The quantitative estimate of drug-likeness (QED) is 0.272. The number of aryl methyl sites for hydroxylation is 1. The first kappa shape index (κ1) is 26.3. The lowest BCUT2D eigenvalue weighted by molar-refractivity contribution is -0.129. The van der Waals surface area contributed by atoms with E-state index in [1.807, 2.05) is 6.08 Å². The van der Waals surface area contributed by atoms with Crippen molar-refractivity contribution in [1.82, 2.24) is 25.4 Å². The predicted octanol–water partition coefficient (Wildman–Crippen LogP) is 3.23. The molecule has 1 saturated carbocycles. The number of benzene rings is 1. The number of Topliss-reactive ketones (excluding diaryl/α,β-unsaturated/α-hetero) is 1. The summed E-state index contributed by atoms with van der Waals surface area (Å²) in [5, 5.41) is 16.8. The van der Waals surface area contributed by atoms with Crippen molar-refractivity contribution >= 4 is 42.8 Å². The van der Waals surface area contributed by atoms with Gasteiger partial charge in [0.2, 0.25) is 5.91 Å². The zero-order chi connectivity index (χ0) is 23.4. The van der Waals surface area contributed by atoms with Crippen LogP contribution >= 0.6 is 25.0 Å². The van der Waals surface area contributed by atoms with E-state index in [0.717, 1.165) is 24.8 Å². The smallest absolute Gasteiger partial charge is 0.243 e. The highest BCUT2D eigenvalue weighted by Crippen LogP contribution is 2.39. The van der Waals surface area contributed by atoms with Gasteiger partial charge in [0, 0.05) is 42.8 Å². The fraction of sp³-hybridized carbons (Fsp3) is 0.478. The van der Waals surface area contributed by atoms with Gasteiger partial charge in [-0.25, -0.2) is 9.87 Å². The SMILES string of the molecule is Cl.O=C(CCCn1cc(/C=C2\CN(C(C(=O)C3CC3)c3ccccc3F)CCC2S)nn1)NO. The van der Waals surface area contributed by atoms with E-state index >= 15 is 0 Å². The van der Waals surface area contributed by atoms with Gasteiger partial charge in [0.05, 0.1) is 12.2 Å². The lowest BCUT2D eigenvalue weighted by Crippen LogP contribution is -2.42. The molecule has 1 aromatic carbocycles. The summed E-state index contributed by atoms with van der Waals surface area (Å²) < 4.78 is 16.3. The Morgan fingerprint density at radius 3 is 2.76 bits per heavy atom. The van der Waals surface area contributed by atoms with Crippen molar-refractivity contribution in [3.8, 4) is 0 Å². The zero-order valence-corrected chi connectivity index (χ0v) is 20.3. The monoisotopic (exact) mass is 509 g/mol. The Hall–Kier alpha value is -2.27. The minimum Gasteiger partial charge on any atom is -0.297 e. The number of rotatable bonds is 9. The third-order valence-electron chi connectivity index (χ3n) is 6.12. The van der Waals surface area contributed by atoms with Crippen molar-refractivity contribution in [2.24, 2.45) is 5.92 Å². The zero-order valence-electron chi connectivity index (χ0n) is 18.6. The highest BCUT2D eigenvalue weighted by molar-refractivity contribution is 7.81. The summed E-state index contributed by atoms with van der Waals surface area (Å²) in [6.07, 6.45) is 6.90.